The Kier molecular flexibility index (Phi) is 3.76. The SMILES string of the molecule is CN1CC(=O)Nc2cc(C(=O)N3CCCC3c3cccs3)ccc21. The number of amides is 2. The molecule has 0 spiro atoms. The molecule has 1 atom stereocenters. The van der Waals surface area contributed by atoms with E-state index in [1.807, 2.05) is 35.0 Å². The number of likely N-dealkylation sites (tertiary alicyclic amines) is 1. The molecular weight excluding hydrogens is 322 g/mol. The van der Waals surface area contributed by atoms with Gasteiger partial charge in [-0.15, -0.1) is 11.3 Å². The number of likely N-dealkylation sites (N-methyl/N-ethyl adjacent to an activating group) is 1. The molecule has 2 amide bonds. The molecule has 1 fully saturated rings. The fourth-order valence-corrected chi connectivity index (χ4v) is 4.42. The molecule has 2 aliphatic heterocycles. The third kappa shape index (κ3) is 2.57. The van der Waals surface area contributed by atoms with Gasteiger partial charge in [-0.1, -0.05) is 6.07 Å². The van der Waals surface area contributed by atoms with Crippen molar-refractivity contribution in [3.8, 4) is 0 Å². The first-order valence-electron chi connectivity index (χ1n) is 8.13. The fraction of sp³-hybridized carbons (Fsp3) is 0.333. The smallest absolute Gasteiger partial charge is 0.254 e. The summed E-state index contributed by atoms with van der Waals surface area (Å²) in [5.74, 6) is -0.0107. The van der Waals surface area contributed by atoms with Crippen molar-refractivity contribution < 1.29 is 9.59 Å². The van der Waals surface area contributed by atoms with E-state index in [4.69, 9.17) is 0 Å². The van der Waals surface area contributed by atoms with Crippen LogP contribution in [0, 0.1) is 0 Å². The lowest BCUT2D eigenvalue weighted by atomic mass is 10.1. The molecule has 2 aliphatic rings. The van der Waals surface area contributed by atoms with Crippen LogP contribution in [0.2, 0.25) is 0 Å². The van der Waals surface area contributed by atoms with Crippen LogP contribution in [0.5, 0.6) is 0 Å². The minimum Gasteiger partial charge on any atom is -0.364 e. The average Bonchev–Trinajstić information content (AvgIpc) is 3.24. The number of thiophene rings is 1. The molecule has 24 heavy (non-hydrogen) atoms. The molecule has 3 heterocycles. The van der Waals surface area contributed by atoms with E-state index in [9.17, 15) is 9.59 Å². The monoisotopic (exact) mass is 341 g/mol. The van der Waals surface area contributed by atoms with Gasteiger partial charge in [-0.05, 0) is 42.5 Å². The van der Waals surface area contributed by atoms with Crippen LogP contribution in [0.3, 0.4) is 0 Å². The van der Waals surface area contributed by atoms with Crippen LogP contribution in [-0.2, 0) is 4.79 Å². The fourth-order valence-electron chi connectivity index (χ4n) is 3.54. The topological polar surface area (TPSA) is 52.7 Å². The summed E-state index contributed by atoms with van der Waals surface area (Å²) in [5, 5.41) is 4.92. The van der Waals surface area contributed by atoms with Gasteiger partial charge in [0.1, 0.15) is 0 Å². The molecule has 0 saturated carbocycles. The molecule has 4 rings (SSSR count). The highest BCUT2D eigenvalue weighted by Gasteiger charge is 2.32. The van der Waals surface area contributed by atoms with Gasteiger partial charge in [0.25, 0.3) is 5.91 Å². The van der Waals surface area contributed by atoms with E-state index in [0.717, 1.165) is 25.1 Å². The minimum atomic E-state index is -0.0489. The Hall–Kier alpha value is -2.34. The summed E-state index contributed by atoms with van der Waals surface area (Å²) in [6, 6.07) is 9.88. The van der Waals surface area contributed by atoms with Crippen molar-refractivity contribution in [1.29, 1.82) is 0 Å². The van der Waals surface area contributed by atoms with Crippen molar-refractivity contribution in [2.45, 2.75) is 18.9 Å². The van der Waals surface area contributed by atoms with E-state index >= 15 is 0 Å². The van der Waals surface area contributed by atoms with Crippen molar-refractivity contribution in [2.75, 3.05) is 30.4 Å². The van der Waals surface area contributed by atoms with Gasteiger partial charge in [0.2, 0.25) is 5.91 Å². The van der Waals surface area contributed by atoms with Gasteiger partial charge >= 0.3 is 0 Å². The van der Waals surface area contributed by atoms with Crippen LogP contribution in [0.25, 0.3) is 0 Å². The highest BCUT2D eigenvalue weighted by molar-refractivity contribution is 7.10. The second kappa shape index (κ2) is 5.94. The first-order valence-corrected chi connectivity index (χ1v) is 9.01. The molecule has 0 bridgehead atoms. The number of carbonyl (C=O) groups excluding carboxylic acids is 2. The first kappa shape index (κ1) is 15.2. The third-order valence-electron chi connectivity index (χ3n) is 4.69. The summed E-state index contributed by atoms with van der Waals surface area (Å²) in [6.45, 7) is 1.12. The molecule has 1 saturated heterocycles. The second-order valence-corrected chi connectivity index (χ2v) is 7.29. The number of carbonyl (C=O) groups is 2. The van der Waals surface area contributed by atoms with Gasteiger partial charge in [-0.2, -0.15) is 0 Å². The van der Waals surface area contributed by atoms with Crippen LogP contribution in [0.4, 0.5) is 11.4 Å². The van der Waals surface area contributed by atoms with E-state index in [-0.39, 0.29) is 17.9 Å². The molecule has 6 heteroatoms. The molecule has 1 N–H and O–H groups in total. The van der Waals surface area contributed by atoms with Crippen molar-refractivity contribution in [2.24, 2.45) is 0 Å². The molecule has 2 aromatic rings. The Morgan fingerprint density at radius 2 is 2.21 bits per heavy atom. The van der Waals surface area contributed by atoms with E-state index < -0.39 is 0 Å². The lowest BCUT2D eigenvalue weighted by Gasteiger charge is -2.28. The van der Waals surface area contributed by atoms with Gasteiger partial charge in [0.15, 0.2) is 0 Å². The number of nitrogens with zero attached hydrogens (tertiary/aromatic N) is 2. The van der Waals surface area contributed by atoms with E-state index in [2.05, 4.69) is 16.8 Å². The highest BCUT2D eigenvalue weighted by atomic mass is 32.1. The quantitative estimate of drug-likeness (QED) is 0.913. The minimum absolute atomic E-state index is 0.0381. The number of hydrogen-bond donors (Lipinski definition) is 1. The van der Waals surface area contributed by atoms with Gasteiger partial charge in [0, 0.05) is 24.0 Å². The van der Waals surface area contributed by atoms with E-state index in [0.29, 0.717) is 17.8 Å². The average molecular weight is 341 g/mol. The van der Waals surface area contributed by atoms with Crippen LogP contribution in [0.1, 0.15) is 34.1 Å². The predicted octanol–water partition coefficient (Wildman–Crippen LogP) is 3.11. The maximum absolute atomic E-state index is 13.0. The van der Waals surface area contributed by atoms with Gasteiger partial charge in [-0.3, -0.25) is 9.59 Å². The van der Waals surface area contributed by atoms with E-state index in [1.165, 1.54) is 4.88 Å². The molecule has 0 radical (unpaired) electrons. The molecule has 1 unspecified atom stereocenters. The summed E-state index contributed by atoms with van der Waals surface area (Å²) < 4.78 is 0. The largest absolute Gasteiger partial charge is 0.364 e. The zero-order chi connectivity index (χ0) is 16.7. The Morgan fingerprint density at radius 3 is 3.00 bits per heavy atom. The Balaban J connectivity index is 1.63. The van der Waals surface area contributed by atoms with Crippen molar-refractivity contribution in [1.82, 2.24) is 4.90 Å². The molecular formula is C18H19N3O2S. The van der Waals surface area contributed by atoms with Gasteiger partial charge in [-0.25, -0.2) is 0 Å². The number of nitrogens with one attached hydrogen (secondary N) is 1. The number of benzene rings is 1. The molecule has 5 nitrogen and oxygen atoms in total. The molecule has 124 valence electrons. The lowest BCUT2D eigenvalue weighted by Crippen LogP contribution is -2.36. The number of anilines is 2. The first-order chi connectivity index (χ1) is 11.6. The van der Waals surface area contributed by atoms with Crippen LogP contribution in [0.15, 0.2) is 35.7 Å². The zero-order valence-corrected chi connectivity index (χ0v) is 14.3. The molecule has 1 aromatic heterocycles. The van der Waals surface area contributed by atoms with Crippen LogP contribution < -0.4 is 10.2 Å². The van der Waals surface area contributed by atoms with Gasteiger partial charge < -0.3 is 15.1 Å². The highest BCUT2D eigenvalue weighted by Crippen LogP contribution is 2.36. The summed E-state index contributed by atoms with van der Waals surface area (Å²) in [4.78, 5) is 29.8. The van der Waals surface area contributed by atoms with Crippen molar-refractivity contribution in [3.05, 3.63) is 46.2 Å². The Labute approximate surface area is 144 Å². The second-order valence-electron chi connectivity index (χ2n) is 6.31. The number of fused-ring (bicyclic) bond motifs is 1. The van der Waals surface area contributed by atoms with E-state index in [1.54, 1.807) is 17.4 Å². The lowest BCUT2D eigenvalue weighted by molar-refractivity contribution is -0.115. The Morgan fingerprint density at radius 1 is 1.33 bits per heavy atom. The number of hydrogen-bond acceptors (Lipinski definition) is 4. The predicted molar refractivity (Wildman–Crippen MR) is 95.7 cm³/mol. The maximum atomic E-state index is 13.0. The summed E-state index contributed by atoms with van der Waals surface area (Å²) >= 11 is 1.70. The normalized spacial score (nSPS) is 20.0. The summed E-state index contributed by atoms with van der Waals surface area (Å²) in [7, 11) is 1.88. The van der Waals surface area contributed by atoms with Crippen molar-refractivity contribution in [3.63, 3.8) is 0 Å². The molecule has 1 aromatic carbocycles. The summed E-state index contributed by atoms with van der Waals surface area (Å²) in [5.41, 5.74) is 2.29. The zero-order valence-electron chi connectivity index (χ0n) is 13.5. The summed E-state index contributed by atoms with van der Waals surface area (Å²) in [6.07, 6.45) is 2.04. The van der Waals surface area contributed by atoms with Crippen molar-refractivity contribution >= 4 is 34.5 Å². The Bertz CT molecular complexity index is 788. The standard InChI is InChI=1S/C18H19N3O2S/c1-20-11-17(22)19-13-10-12(6-7-14(13)20)18(23)21-8-2-4-15(21)16-5-3-9-24-16/h3,5-7,9-10,15H,2,4,8,11H2,1H3,(H,19,22). The van der Waals surface area contributed by atoms with Crippen LogP contribution >= 0.6 is 11.3 Å². The van der Waals surface area contributed by atoms with Crippen LogP contribution in [-0.4, -0.2) is 36.9 Å². The third-order valence-corrected chi connectivity index (χ3v) is 5.67. The maximum Gasteiger partial charge on any atom is 0.254 e. The van der Waals surface area contributed by atoms with Gasteiger partial charge in [0.05, 0.1) is 24.0 Å². The molecule has 0 aliphatic carbocycles. The number of rotatable bonds is 2.